The van der Waals surface area contributed by atoms with E-state index in [4.69, 9.17) is 0 Å². The normalized spacial score (nSPS) is 36.0. The zero-order valence-corrected chi connectivity index (χ0v) is 9.38. The molecule has 2 aliphatic heterocycles. The minimum absolute atomic E-state index is 1.32. The summed E-state index contributed by atoms with van der Waals surface area (Å²) < 4.78 is 0. The Hall–Kier alpha value is -0.0800. The fourth-order valence-corrected chi connectivity index (χ4v) is 2.65. The molecule has 0 radical (unpaired) electrons. The lowest BCUT2D eigenvalue weighted by Gasteiger charge is -2.23. The second-order valence-electron chi connectivity index (χ2n) is 4.80. The molecule has 2 nitrogen and oxygen atoms in total. The molecule has 2 rings (SSSR count). The summed E-state index contributed by atoms with van der Waals surface area (Å²) in [6.07, 6.45) is 8.57. The molecule has 2 saturated heterocycles. The van der Waals surface area contributed by atoms with Crippen LogP contribution in [0, 0.1) is 0 Å². The molecule has 0 atom stereocenters. The van der Waals surface area contributed by atoms with Gasteiger partial charge < -0.3 is 9.80 Å². The third kappa shape index (κ3) is 3.25. The Morgan fingerprint density at radius 3 is 1.07 bits per heavy atom. The fourth-order valence-electron chi connectivity index (χ4n) is 2.65. The molecule has 14 heavy (non-hydrogen) atoms. The van der Waals surface area contributed by atoms with Gasteiger partial charge in [-0.3, -0.25) is 0 Å². The van der Waals surface area contributed by atoms with Crippen LogP contribution in [-0.4, -0.2) is 49.1 Å². The van der Waals surface area contributed by atoms with Crippen LogP contribution in [0.15, 0.2) is 0 Å². The van der Waals surface area contributed by atoms with Crippen molar-refractivity contribution < 1.29 is 0 Å². The van der Waals surface area contributed by atoms with Crippen LogP contribution >= 0.6 is 0 Å². The van der Waals surface area contributed by atoms with E-state index in [1.807, 2.05) is 0 Å². The molecule has 0 unspecified atom stereocenters. The van der Waals surface area contributed by atoms with Crippen LogP contribution in [0.3, 0.4) is 0 Å². The fraction of sp³-hybridized carbons (Fsp3) is 1.00. The van der Waals surface area contributed by atoms with Gasteiger partial charge in [0.1, 0.15) is 0 Å². The van der Waals surface area contributed by atoms with Crippen molar-refractivity contribution in [2.45, 2.75) is 38.5 Å². The molecule has 2 bridgehead atoms. The van der Waals surface area contributed by atoms with E-state index in [2.05, 4.69) is 9.80 Å². The van der Waals surface area contributed by atoms with Crippen molar-refractivity contribution in [3.63, 3.8) is 0 Å². The van der Waals surface area contributed by atoms with Gasteiger partial charge in [-0.15, -0.1) is 0 Å². The largest absolute Gasteiger partial charge is 0.302 e. The zero-order valence-electron chi connectivity index (χ0n) is 9.38. The van der Waals surface area contributed by atoms with Crippen molar-refractivity contribution in [3.05, 3.63) is 0 Å². The van der Waals surface area contributed by atoms with E-state index < -0.39 is 0 Å². The van der Waals surface area contributed by atoms with E-state index in [1.54, 1.807) is 0 Å². The third-order valence-corrected chi connectivity index (χ3v) is 3.63. The molecule has 2 fully saturated rings. The third-order valence-electron chi connectivity index (χ3n) is 3.63. The number of nitrogens with zero attached hydrogens (tertiary/aromatic N) is 2. The molecule has 0 aromatic carbocycles. The Morgan fingerprint density at radius 2 is 0.714 bits per heavy atom. The van der Waals surface area contributed by atoms with Crippen LogP contribution in [0.25, 0.3) is 0 Å². The molecule has 2 heteroatoms. The molecule has 82 valence electrons. The summed E-state index contributed by atoms with van der Waals surface area (Å²) in [7, 11) is 0. The smallest absolute Gasteiger partial charge is 0.0109 e. The van der Waals surface area contributed by atoms with Crippen molar-refractivity contribution in [1.82, 2.24) is 9.80 Å². The Balaban J connectivity index is 1.92. The highest BCUT2D eigenvalue weighted by molar-refractivity contribution is 4.69. The van der Waals surface area contributed by atoms with Gasteiger partial charge in [-0.2, -0.15) is 0 Å². The maximum absolute atomic E-state index is 2.68. The maximum Gasteiger partial charge on any atom is 0.0109 e. The minimum atomic E-state index is 1.32. The summed E-state index contributed by atoms with van der Waals surface area (Å²) in [5.41, 5.74) is 0. The summed E-state index contributed by atoms with van der Waals surface area (Å²) in [5.74, 6) is 0. The summed E-state index contributed by atoms with van der Waals surface area (Å²) >= 11 is 0. The van der Waals surface area contributed by atoms with Crippen molar-refractivity contribution in [3.8, 4) is 0 Å². The summed E-state index contributed by atoms with van der Waals surface area (Å²) in [5, 5.41) is 0. The quantitative estimate of drug-likeness (QED) is 0.584. The van der Waals surface area contributed by atoms with E-state index >= 15 is 0 Å². The van der Waals surface area contributed by atoms with Gasteiger partial charge in [-0.05, 0) is 51.9 Å². The minimum Gasteiger partial charge on any atom is -0.302 e. The first-order chi connectivity index (χ1) is 6.95. The predicted octanol–water partition coefficient (Wildman–Crippen LogP) is 1.96. The van der Waals surface area contributed by atoms with Crippen LogP contribution in [0.2, 0.25) is 0 Å². The van der Waals surface area contributed by atoms with Crippen molar-refractivity contribution in [2.24, 2.45) is 0 Å². The van der Waals surface area contributed by atoms with Gasteiger partial charge in [-0.1, -0.05) is 12.8 Å². The van der Waals surface area contributed by atoms with Gasteiger partial charge >= 0.3 is 0 Å². The maximum atomic E-state index is 2.68. The highest BCUT2D eigenvalue weighted by atomic mass is 15.2. The standard InChI is InChI=1S/C12H24N2/c1-3-7-13-9-5-2-6-10-14(8-4-1)12-11-13/h1-12H2. The molecule has 0 aromatic heterocycles. The number of hydrogen-bond acceptors (Lipinski definition) is 2. The summed E-state index contributed by atoms with van der Waals surface area (Å²) in [6.45, 7) is 8.06. The van der Waals surface area contributed by atoms with Crippen LogP contribution in [0.5, 0.6) is 0 Å². The number of hydrogen-bond donors (Lipinski definition) is 0. The SMILES string of the molecule is C1CCN2CCCCCN(CC1)CC2. The van der Waals surface area contributed by atoms with Gasteiger partial charge in [0, 0.05) is 13.1 Å². The molecule has 0 aromatic rings. The van der Waals surface area contributed by atoms with E-state index in [9.17, 15) is 0 Å². The molecular formula is C12H24N2. The molecule has 0 aliphatic carbocycles. The Kier molecular flexibility index (Phi) is 4.26. The van der Waals surface area contributed by atoms with E-state index in [0.29, 0.717) is 0 Å². The predicted molar refractivity (Wildman–Crippen MR) is 60.6 cm³/mol. The lowest BCUT2D eigenvalue weighted by Crippen LogP contribution is -2.34. The van der Waals surface area contributed by atoms with Crippen molar-refractivity contribution in [1.29, 1.82) is 0 Å². The molecule has 2 heterocycles. The number of rotatable bonds is 0. The lowest BCUT2D eigenvalue weighted by atomic mass is 10.2. The van der Waals surface area contributed by atoms with E-state index in [-0.39, 0.29) is 0 Å². The second-order valence-corrected chi connectivity index (χ2v) is 4.80. The molecule has 0 saturated carbocycles. The van der Waals surface area contributed by atoms with Crippen LogP contribution < -0.4 is 0 Å². The Bertz CT molecular complexity index is 128. The van der Waals surface area contributed by atoms with Crippen molar-refractivity contribution >= 4 is 0 Å². The van der Waals surface area contributed by atoms with Crippen LogP contribution in [0.1, 0.15) is 38.5 Å². The highest BCUT2D eigenvalue weighted by Crippen LogP contribution is 2.11. The Labute approximate surface area is 88.3 Å². The van der Waals surface area contributed by atoms with E-state index in [1.165, 1.54) is 77.8 Å². The summed E-state index contributed by atoms with van der Waals surface area (Å²) in [6, 6.07) is 0. The first-order valence-corrected chi connectivity index (χ1v) is 6.40. The van der Waals surface area contributed by atoms with Gasteiger partial charge in [0.25, 0.3) is 0 Å². The topological polar surface area (TPSA) is 6.48 Å². The van der Waals surface area contributed by atoms with Gasteiger partial charge in [-0.25, -0.2) is 0 Å². The van der Waals surface area contributed by atoms with Crippen molar-refractivity contribution in [2.75, 3.05) is 39.3 Å². The van der Waals surface area contributed by atoms with Gasteiger partial charge in [0.2, 0.25) is 0 Å². The van der Waals surface area contributed by atoms with E-state index in [0.717, 1.165) is 0 Å². The van der Waals surface area contributed by atoms with Crippen LogP contribution in [-0.2, 0) is 0 Å². The molecule has 2 aliphatic rings. The first-order valence-electron chi connectivity index (χ1n) is 6.40. The first kappa shape index (κ1) is 10.4. The Morgan fingerprint density at radius 1 is 0.357 bits per heavy atom. The monoisotopic (exact) mass is 196 g/mol. The second kappa shape index (κ2) is 5.72. The molecule has 0 amide bonds. The average molecular weight is 196 g/mol. The lowest BCUT2D eigenvalue weighted by molar-refractivity contribution is 0.227. The summed E-state index contributed by atoms with van der Waals surface area (Å²) in [4.78, 5) is 5.37. The van der Waals surface area contributed by atoms with Gasteiger partial charge in [0.15, 0.2) is 0 Å². The molecular weight excluding hydrogens is 172 g/mol. The highest BCUT2D eigenvalue weighted by Gasteiger charge is 2.13. The van der Waals surface area contributed by atoms with Crippen LogP contribution in [0.4, 0.5) is 0 Å². The molecule has 0 spiro atoms. The zero-order chi connectivity index (χ0) is 9.64. The molecule has 0 N–H and O–H groups in total. The average Bonchev–Trinajstić information content (AvgIpc) is 2.34. The number of fused-ring (bicyclic) bond motifs is 3. The van der Waals surface area contributed by atoms with Gasteiger partial charge in [0.05, 0.1) is 0 Å².